The van der Waals surface area contributed by atoms with Crippen molar-refractivity contribution < 1.29 is 23.8 Å². The number of rotatable bonds is 6. The van der Waals surface area contributed by atoms with Crippen molar-refractivity contribution in [2.24, 2.45) is 5.73 Å². The first-order valence-corrected chi connectivity index (χ1v) is 8.85. The van der Waals surface area contributed by atoms with Crippen molar-refractivity contribution in [1.29, 1.82) is 0 Å². The topological polar surface area (TPSA) is 99.9 Å². The summed E-state index contributed by atoms with van der Waals surface area (Å²) in [4.78, 5) is 24.5. The highest BCUT2D eigenvalue weighted by atomic mass is 32.2. The number of primary amides is 1. The van der Waals surface area contributed by atoms with Gasteiger partial charge >= 0.3 is 0 Å². The van der Waals surface area contributed by atoms with Crippen molar-refractivity contribution in [3.63, 3.8) is 0 Å². The van der Waals surface area contributed by atoms with Crippen LogP contribution in [0.4, 0.5) is 5.69 Å². The van der Waals surface area contributed by atoms with Crippen molar-refractivity contribution >= 4 is 29.3 Å². The standard InChI is InChI=1S/C18H18N2O5S/c1-23-14-4-2-11(18(19)22)8-13(14)20-17(21)10-26-12-3-5-15-16(9-12)25-7-6-24-15/h2-5,8-9H,6-7,10H2,1H3,(H2,19,22)(H,20,21). The number of hydrogen-bond acceptors (Lipinski definition) is 6. The first-order chi connectivity index (χ1) is 12.6. The summed E-state index contributed by atoms with van der Waals surface area (Å²) < 4.78 is 16.2. The summed E-state index contributed by atoms with van der Waals surface area (Å²) in [6.45, 7) is 1.05. The minimum Gasteiger partial charge on any atom is -0.495 e. The second-order valence-corrected chi connectivity index (χ2v) is 6.47. The monoisotopic (exact) mass is 374 g/mol. The van der Waals surface area contributed by atoms with Gasteiger partial charge in [-0.15, -0.1) is 11.8 Å². The van der Waals surface area contributed by atoms with Crippen molar-refractivity contribution in [2.45, 2.75) is 4.90 Å². The lowest BCUT2D eigenvalue weighted by atomic mass is 10.1. The molecule has 0 saturated heterocycles. The van der Waals surface area contributed by atoms with Crippen LogP contribution in [0.3, 0.4) is 0 Å². The van der Waals surface area contributed by atoms with Crippen molar-refractivity contribution in [3.8, 4) is 17.2 Å². The number of carbonyl (C=O) groups is 2. The first kappa shape index (κ1) is 17.9. The molecule has 26 heavy (non-hydrogen) atoms. The van der Waals surface area contributed by atoms with Crippen LogP contribution in [0.25, 0.3) is 0 Å². The van der Waals surface area contributed by atoms with Crippen LogP contribution in [-0.4, -0.2) is 37.9 Å². The van der Waals surface area contributed by atoms with Gasteiger partial charge in [0.05, 0.1) is 18.6 Å². The number of nitrogens with one attached hydrogen (secondary N) is 1. The van der Waals surface area contributed by atoms with Crippen LogP contribution >= 0.6 is 11.8 Å². The van der Waals surface area contributed by atoms with Crippen molar-refractivity contribution in [3.05, 3.63) is 42.0 Å². The number of carbonyl (C=O) groups excluding carboxylic acids is 2. The number of benzene rings is 2. The van der Waals surface area contributed by atoms with Crippen LogP contribution in [0.2, 0.25) is 0 Å². The highest BCUT2D eigenvalue weighted by Crippen LogP contribution is 2.34. The molecule has 0 aliphatic carbocycles. The Bertz CT molecular complexity index is 840. The summed E-state index contributed by atoms with van der Waals surface area (Å²) in [6.07, 6.45) is 0. The van der Waals surface area contributed by atoms with E-state index in [-0.39, 0.29) is 11.7 Å². The van der Waals surface area contributed by atoms with Crippen molar-refractivity contribution in [1.82, 2.24) is 0 Å². The fraction of sp³-hybridized carbons (Fsp3) is 0.222. The Morgan fingerprint density at radius 2 is 1.92 bits per heavy atom. The minimum absolute atomic E-state index is 0.184. The molecular weight excluding hydrogens is 356 g/mol. The zero-order chi connectivity index (χ0) is 18.5. The summed E-state index contributed by atoms with van der Waals surface area (Å²) in [6, 6.07) is 10.2. The molecule has 1 aliphatic heterocycles. The van der Waals surface area contributed by atoms with Gasteiger partial charge in [0.1, 0.15) is 19.0 Å². The number of amides is 2. The lowest BCUT2D eigenvalue weighted by Gasteiger charge is -2.18. The second-order valence-electron chi connectivity index (χ2n) is 5.42. The molecule has 2 aromatic rings. The summed E-state index contributed by atoms with van der Waals surface area (Å²) in [5.74, 6) is 1.21. The average Bonchev–Trinajstić information content (AvgIpc) is 2.66. The molecule has 0 aromatic heterocycles. The molecular formula is C18H18N2O5S. The number of anilines is 1. The summed E-state index contributed by atoms with van der Waals surface area (Å²) >= 11 is 1.36. The number of nitrogens with two attached hydrogens (primary N) is 1. The molecule has 8 heteroatoms. The van der Waals surface area contributed by atoms with E-state index in [9.17, 15) is 9.59 Å². The van der Waals surface area contributed by atoms with E-state index in [4.69, 9.17) is 19.9 Å². The minimum atomic E-state index is -0.575. The van der Waals surface area contributed by atoms with Crippen LogP contribution in [0.5, 0.6) is 17.2 Å². The molecule has 0 saturated carbocycles. The lowest BCUT2D eigenvalue weighted by molar-refractivity contribution is -0.113. The molecule has 1 aliphatic rings. The molecule has 0 atom stereocenters. The van der Waals surface area contributed by atoms with E-state index in [0.29, 0.717) is 41.7 Å². The number of methoxy groups -OCH3 is 1. The number of ether oxygens (including phenoxy) is 3. The molecule has 7 nitrogen and oxygen atoms in total. The number of fused-ring (bicyclic) bond motifs is 1. The molecule has 3 rings (SSSR count). The molecule has 0 fully saturated rings. The predicted molar refractivity (Wildman–Crippen MR) is 98.3 cm³/mol. The van der Waals surface area contributed by atoms with E-state index in [0.717, 1.165) is 4.90 Å². The molecule has 0 spiro atoms. The van der Waals surface area contributed by atoms with Gasteiger partial charge in [0, 0.05) is 10.5 Å². The normalized spacial score (nSPS) is 12.3. The summed E-state index contributed by atoms with van der Waals surface area (Å²) in [7, 11) is 1.48. The van der Waals surface area contributed by atoms with Crippen LogP contribution in [0, 0.1) is 0 Å². The van der Waals surface area contributed by atoms with Gasteiger partial charge in [-0.1, -0.05) is 0 Å². The maximum Gasteiger partial charge on any atom is 0.248 e. The third-order valence-corrected chi connectivity index (χ3v) is 4.64. The van der Waals surface area contributed by atoms with Gasteiger partial charge < -0.3 is 25.3 Å². The first-order valence-electron chi connectivity index (χ1n) is 7.87. The van der Waals surface area contributed by atoms with Gasteiger partial charge in [-0.05, 0) is 36.4 Å². The average molecular weight is 374 g/mol. The molecule has 136 valence electrons. The van der Waals surface area contributed by atoms with Gasteiger partial charge in [-0.2, -0.15) is 0 Å². The predicted octanol–water partition coefficient (Wildman–Crippen LogP) is 2.30. The molecule has 0 unspecified atom stereocenters. The molecule has 0 radical (unpaired) electrons. The van der Waals surface area contributed by atoms with Gasteiger partial charge in [0.15, 0.2) is 11.5 Å². The molecule has 1 heterocycles. The van der Waals surface area contributed by atoms with E-state index >= 15 is 0 Å². The van der Waals surface area contributed by atoms with E-state index in [2.05, 4.69) is 5.32 Å². The fourth-order valence-electron chi connectivity index (χ4n) is 2.41. The Labute approximate surface area is 154 Å². The Morgan fingerprint density at radius 3 is 2.65 bits per heavy atom. The largest absolute Gasteiger partial charge is 0.495 e. The van der Waals surface area contributed by atoms with Gasteiger partial charge in [-0.3, -0.25) is 9.59 Å². The third kappa shape index (κ3) is 4.20. The fourth-order valence-corrected chi connectivity index (χ4v) is 3.13. The smallest absolute Gasteiger partial charge is 0.248 e. The van der Waals surface area contributed by atoms with Gasteiger partial charge in [0.25, 0.3) is 0 Å². The number of hydrogen-bond donors (Lipinski definition) is 2. The highest BCUT2D eigenvalue weighted by molar-refractivity contribution is 8.00. The van der Waals surface area contributed by atoms with E-state index in [1.54, 1.807) is 12.1 Å². The van der Waals surface area contributed by atoms with Crippen LogP contribution in [0.15, 0.2) is 41.3 Å². The van der Waals surface area contributed by atoms with E-state index in [1.165, 1.54) is 24.9 Å². The van der Waals surface area contributed by atoms with Gasteiger partial charge in [-0.25, -0.2) is 0 Å². The Morgan fingerprint density at radius 1 is 1.15 bits per heavy atom. The van der Waals surface area contributed by atoms with Crippen LogP contribution < -0.4 is 25.3 Å². The maximum atomic E-state index is 12.3. The van der Waals surface area contributed by atoms with Crippen LogP contribution in [-0.2, 0) is 4.79 Å². The molecule has 3 N–H and O–H groups in total. The molecule has 2 amide bonds. The Hall–Kier alpha value is -2.87. The Balaban J connectivity index is 1.64. The second kappa shape index (κ2) is 8.01. The molecule has 2 aromatic carbocycles. The SMILES string of the molecule is COc1ccc(C(N)=O)cc1NC(=O)CSc1ccc2c(c1)OCCO2. The summed E-state index contributed by atoms with van der Waals surface area (Å²) in [5.41, 5.74) is 5.97. The van der Waals surface area contributed by atoms with E-state index in [1.807, 2.05) is 18.2 Å². The third-order valence-electron chi connectivity index (χ3n) is 3.64. The maximum absolute atomic E-state index is 12.3. The van der Waals surface area contributed by atoms with E-state index < -0.39 is 5.91 Å². The Kier molecular flexibility index (Phi) is 5.52. The number of thioether (sulfide) groups is 1. The molecule has 0 bridgehead atoms. The van der Waals surface area contributed by atoms with Gasteiger partial charge in [0.2, 0.25) is 11.8 Å². The summed E-state index contributed by atoms with van der Waals surface area (Å²) in [5, 5.41) is 2.74. The highest BCUT2D eigenvalue weighted by Gasteiger charge is 2.14. The quantitative estimate of drug-likeness (QED) is 0.753. The zero-order valence-electron chi connectivity index (χ0n) is 14.1. The van der Waals surface area contributed by atoms with Crippen LogP contribution in [0.1, 0.15) is 10.4 Å². The lowest BCUT2D eigenvalue weighted by Crippen LogP contribution is -2.17. The zero-order valence-corrected chi connectivity index (χ0v) is 14.9. The van der Waals surface area contributed by atoms with Crippen molar-refractivity contribution in [2.75, 3.05) is 31.4 Å².